The summed E-state index contributed by atoms with van der Waals surface area (Å²) in [5.41, 5.74) is 0. The molecule has 0 aliphatic carbocycles. The second-order valence-electron chi connectivity index (χ2n) is 25.9. The van der Waals surface area contributed by atoms with Crippen LogP contribution in [0.15, 0.2) is 60.8 Å². The third-order valence-electron chi connectivity index (χ3n) is 16.5. The highest BCUT2D eigenvalue weighted by Gasteiger charge is 2.30. The van der Waals surface area contributed by atoms with Crippen LogP contribution in [0.3, 0.4) is 0 Å². The Hall–Kier alpha value is -3.24. The normalized spacial score (nSPS) is 14.3. The molecule has 0 amide bonds. The lowest BCUT2D eigenvalue weighted by molar-refractivity contribution is -0.161. The van der Waals surface area contributed by atoms with Crippen molar-refractivity contribution in [2.75, 3.05) is 39.6 Å². The van der Waals surface area contributed by atoms with Gasteiger partial charge in [0.05, 0.1) is 26.4 Å². The number of carbonyl (C=O) groups is 4. The molecule has 0 aliphatic heterocycles. The van der Waals surface area contributed by atoms with Crippen molar-refractivity contribution in [1.29, 1.82) is 0 Å². The fraction of sp³-hybridized carbons (Fsp3) is 0.818. The fourth-order valence-corrected chi connectivity index (χ4v) is 12.1. The zero-order valence-electron chi connectivity index (χ0n) is 61.1. The average molecular weight is 1400 g/mol. The summed E-state index contributed by atoms with van der Waals surface area (Å²) in [6.45, 7) is 4.73. The molecule has 0 saturated carbocycles. The lowest BCUT2D eigenvalue weighted by atomic mass is 10.0. The molecule has 0 aromatic heterocycles. The van der Waals surface area contributed by atoms with E-state index in [0.29, 0.717) is 25.7 Å². The Morgan fingerprint density at radius 1 is 0.302 bits per heavy atom. The van der Waals surface area contributed by atoms with E-state index in [1.165, 1.54) is 109 Å². The number of unbranched alkanes of at least 4 members (excludes halogenated alkanes) is 37. The van der Waals surface area contributed by atoms with Crippen molar-refractivity contribution in [3.8, 4) is 0 Å². The maximum absolute atomic E-state index is 13.1. The highest BCUT2D eigenvalue weighted by molar-refractivity contribution is 7.47. The van der Waals surface area contributed by atoms with Gasteiger partial charge in [0.25, 0.3) is 0 Å². The number of allylic oxidation sites excluding steroid dienone is 10. The number of carbonyl (C=O) groups excluding carboxylic acids is 4. The van der Waals surface area contributed by atoms with Gasteiger partial charge in [0.15, 0.2) is 12.2 Å². The van der Waals surface area contributed by atoms with E-state index in [2.05, 4.69) is 88.5 Å². The molecule has 0 radical (unpaired) electrons. The van der Waals surface area contributed by atoms with Gasteiger partial charge in [-0.3, -0.25) is 37.3 Å². The largest absolute Gasteiger partial charge is 0.472 e. The molecule has 17 nitrogen and oxygen atoms in total. The molecule has 0 heterocycles. The first-order valence-electron chi connectivity index (χ1n) is 38.5. The quantitative estimate of drug-likeness (QED) is 0.0169. The van der Waals surface area contributed by atoms with Crippen LogP contribution in [0, 0.1) is 0 Å². The van der Waals surface area contributed by atoms with E-state index in [4.69, 9.17) is 37.0 Å². The lowest BCUT2D eigenvalue weighted by Crippen LogP contribution is -2.30. The van der Waals surface area contributed by atoms with Gasteiger partial charge in [0, 0.05) is 25.7 Å². The number of rotatable bonds is 73. The fourth-order valence-electron chi connectivity index (χ4n) is 10.6. The molecular formula is C77H140O17P2. The van der Waals surface area contributed by atoms with Gasteiger partial charge in [-0.05, 0) is 103 Å². The van der Waals surface area contributed by atoms with Gasteiger partial charge < -0.3 is 33.8 Å². The Labute approximate surface area is 584 Å². The first kappa shape index (κ1) is 92.8. The molecule has 0 bridgehead atoms. The van der Waals surface area contributed by atoms with Crippen molar-refractivity contribution in [3.63, 3.8) is 0 Å². The first-order valence-corrected chi connectivity index (χ1v) is 41.5. The van der Waals surface area contributed by atoms with Crippen LogP contribution in [-0.2, 0) is 65.4 Å². The maximum atomic E-state index is 13.1. The number of aliphatic hydroxyl groups is 1. The van der Waals surface area contributed by atoms with Crippen LogP contribution >= 0.6 is 15.6 Å². The molecule has 0 saturated heterocycles. The average Bonchev–Trinajstić information content (AvgIpc) is 1.13. The Morgan fingerprint density at radius 3 is 0.885 bits per heavy atom. The second kappa shape index (κ2) is 70.2. The van der Waals surface area contributed by atoms with Gasteiger partial charge in [0.2, 0.25) is 0 Å². The van der Waals surface area contributed by atoms with Crippen LogP contribution < -0.4 is 0 Å². The Bertz CT molecular complexity index is 2060. The van der Waals surface area contributed by atoms with Crippen molar-refractivity contribution in [2.45, 2.75) is 367 Å². The second-order valence-corrected chi connectivity index (χ2v) is 28.8. The summed E-state index contributed by atoms with van der Waals surface area (Å²) in [5.74, 6) is -2.17. The molecular weight excluding hydrogens is 1260 g/mol. The van der Waals surface area contributed by atoms with Gasteiger partial charge in [-0.15, -0.1) is 0 Å². The van der Waals surface area contributed by atoms with E-state index in [0.717, 1.165) is 161 Å². The summed E-state index contributed by atoms with van der Waals surface area (Å²) in [6, 6.07) is 0. The van der Waals surface area contributed by atoms with Crippen LogP contribution in [0.1, 0.15) is 349 Å². The van der Waals surface area contributed by atoms with Gasteiger partial charge in [-0.2, -0.15) is 0 Å². The topological polar surface area (TPSA) is 237 Å². The highest BCUT2D eigenvalue weighted by atomic mass is 31.2. The third kappa shape index (κ3) is 69.2. The van der Waals surface area contributed by atoms with E-state index >= 15 is 0 Å². The lowest BCUT2D eigenvalue weighted by Gasteiger charge is -2.21. The van der Waals surface area contributed by atoms with E-state index in [9.17, 15) is 43.2 Å². The predicted molar refractivity (Wildman–Crippen MR) is 390 cm³/mol. The summed E-state index contributed by atoms with van der Waals surface area (Å²) < 4.78 is 68.4. The molecule has 560 valence electrons. The smallest absolute Gasteiger partial charge is 0.462 e. The molecule has 5 unspecified atom stereocenters. The number of hydrogen-bond donors (Lipinski definition) is 3. The zero-order chi connectivity index (χ0) is 70.4. The van der Waals surface area contributed by atoms with Gasteiger partial charge in [-0.25, -0.2) is 9.13 Å². The van der Waals surface area contributed by atoms with Crippen LogP contribution in [0.5, 0.6) is 0 Å². The van der Waals surface area contributed by atoms with Crippen molar-refractivity contribution in [2.24, 2.45) is 0 Å². The SMILES string of the molecule is CC/C=C\C/C=C\C/C=C\CCCCCCCCCC(=O)OCC(COP(=O)(O)OCC(O)COP(=O)(O)OCC(COC(=O)CCCCCCCCCCCCCCCCC)OC(=O)CCCCCCC/C=C\CCCCCC)OC(=O)CCCCCCC/C=C\CCCC. The molecule has 3 N–H and O–H groups in total. The molecule has 0 aliphatic rings. The number of ether oxygens (including phenoxy) is 4. The highest BCUT2D eigenvalue weighted by Crippen LogP contribution is 2.45. The third-order valence-corrected chi connectivity index (χ3v) is 18.4. The number of phosphoric ester groups is 2. The van der Waals surface area contributed by atoms with E-state index in [1.54, 1.807) is 0 Å². The Balaban J connectivity index is 5.28. The first-order chi connectivity index (χ1) is 46.7. The summed E-state index contributed by atoms with van der Waals surface area (Å²) in [6.07, 6.45) is 67.8. The number of aliphatic hydroxyl groups excluding tert-OH is 1. The van der Waals surface area contributed by atoms with Gasteiger partial charge >= 0.3 is 39.5 Å². The van der Waals surface area contributed by atoms with Crippen LogP contribution in [0.2, 0.25) is 0 Å². The molecule has 5 atom stereocenters. The number of hydrogen-bond acceptors (Lipinski definition) is 15. The van der Waals surface area contributed by atoms with E-state index in [-0.39, 0.29) is 25.7 Å². The molecule has 0 fully saturated rings. The molecule has 96 heavy (non-hydrogen) atoms. The number of esters is 4. The monoisotopic (exact) mass is 1400 g/mol. The predicted octanol–water partition coefficient (Wildman–Crippen LogP) is 21.9. The summed E-state index contributed by atoms with van der Waals surface area (Å²) >= 11 is 0. The standard InChI is InChI=1S/C77H140O17P2/c1-5-9-13-17-21-25-29-32-34-35-37-40-43-46-50-54-58-62-75(80)87-67-72(93-76(81)63-59-55-51-47-41-28-24-20-16-12-8-4)69-91-95(83,84)89-65-71(78)66-90-96(85,86)92-70-73(94-77(82)64-60-56-52-48-44-38-31-27-23-19-15-11-7-3)68-88-74(79)61-57-53-49-45-42-39-36-33-30-26-22-18-14-10-6-2/h9,13,20-21,24-25,27,31-32,34,71-73,78H,5-8,10-12,14-19,22-23,26,28-30,33,35-70H2,1-4H3,(H,83,84)(H,85,86)/b13-9-,24-20-,25-21-,31-27-,34-32-. The minimum absolute atomic E-state index is 0.0853. The van der Waals surface area contributed by atoms with Crippen LogP contribution in [0.4, 0.5) is 0 Å². The molecule has 0 aromatic carbocycles. The molecule has 0 spiro atoms. The molecule has 0 aromatic rings. The van der Waals surface area contributed by atoms with E-state index < -0.39 is 97.5 Å². The minimum Gasteiger partial charge on any atom is -0.462 e. The van der Waals surface area contributed by atoms with Crippen molar-refractivity contribution in [3.05, 3.63) is 60.8 Å². The van der Waals surface area contributed by atoms with Crippen LogP contribution in [0.25, 0.3) is 0 Å². The van der Waals surface area contributed by atoms with Crippen molar-refractivity contribution >= 4 is 39.5 Å². The van der Waals surface area contributed by atoms with Crippen molar-refractivity contribution < 1.29 is 80.2 Å². The summed E-state index contributed by atoms with van der Waals surface area (Å²) in [7, 11) is -9.94. The molecule has 19 heteroatoms. The zero-order valence-corrected chi connectivity index (χ0v) is 62.8. The molecule has 0 rings (SSSR count). The Kier molecular flexibility index (Phi) is 67.8. The minimum atomic E-state index is -4.97. The van der Waals surface area contributed by atoms with E-state index in [1.807, 2.05) is 0 Å². The summed E-state index contributed by atoms with van der Waals surface area (Å²) in [4.78, 5) is 72.8. The summed E-state index contributed by atoms with van der Waals surface area (Å²) in [5, 5.41) is 10.6. The van der Waals surface area contributed by atoms with Gasteiger partial charge in [-0.1, -0.05) is 281 Å². The van der Waals surface area contributed by atoms with Crippen molar-refractivity contribution in [1.82, 2.24) is 0 Å². The maximum Gasteiger partial charge on any atom is 0.472 e. The van der Waals surface area contributed by atoms with Crippen LogP contribution in [-0.4, -0.2) is 96.7 Å². The Morgan fingerprint density at radius 2 is 0.552 bits per heavy atom. The number of phosphoric acid groups is 2. The van der Waals surface area contributed by atoms with Gasteiger partial charge in [0.1, 0.15) is 19.3 Å².